The highest BCUT2D eigenvalue weighted by Crippen LogP contribution is 2.17. The van der Waals surface area contributed by atoms with Crippen LogP contribution < -0.4 is 0 Å². The van der Waals surface area contributed by atoms with Crippen molar-refractivity contribution in [2.45, 2.75) is 19.4 Å². The maximum absolute atomic E-state index is 13.7. The van der Waals surface area contributed by atoms with E-state index in [4.69, 9.17) is 0 Å². The molecule has 1 atom stereocenters. The first kappa shape index (κ1) is 18.0. The molecule has 0 aliphatic carbocycles. The standard InChI is InChI=1S/C14H16F3NO4/c1-8(19)7-18(6-5-11(20)22-2)14(21)9-3-4-10(15)13(17)12(9)16/h3-4,8,19H,5-7H2,1-2H3. The van der Waals surface area contributed by atoms with E-state index in [0.29, 0.717) is 6.07 Å². The summed E-state index contributed by atoms with van der Waals surface area (Å²) in [7, 11) is 1.16. The molecule has 0 heterocycles. The number of aliphatic hydroxyl groups excluding tert-OH is 1. The van der Waals surface area contributed by atoms with Crippen LogP contribution in [0.3, 0.4) is 0 Å². The molecule has 22 heavy (non-hydrogen) atoms. The van der Waals surface area contributed by atoms with E-state index >= 15 is 0 Å². The van der Waals surface area contributed by atoms with Crippen LogP contribution in [-0.4, -0.2) is 48.2 Å². The first-order valence-electron chi connectivity index (χ1n) is 6.45. The first-order valence-corrected chi connectivity index (χ1v) is 6.45. The third-order valence-corrected chi connectivity index (χ3v) is 2.85. The fourth-order valence-electron chi connectivity index (χ4n) is 1.78. The lowest BCUT2D eigenvalue weighted by atomic mass is 10.1. The van der Waals surface area contributed by atoms with Gasteiger partial charge in [-0.2, -0.15) is 0 Å². The van der Waals surface area contributed by atoms with Gasteiger partial charge in [-0.3, -0.25) is 9.59 Å². The minimum absolute atomic E-state index is 0.158. The van der Waals surface area contributed by atoms with Crippen LogP contribution in [0.15, 0.2) is 12.1 Å². The Bertz CT molecular complexity index is 563. The number of esters is 1. The zero-order valence-corrected chi connectivity index (χ0v) is 12.1. The van der Waals surface area contributed by atoms with E-state index < -0.39 is 41.0 Å². The molecule has 8 heteroatoms. The Kier molecular flexibility index (Phi) is 6.36. The topological polar surface area (TPSA) is 66.8 Å². The van der Waals surface area contributed by atoms with Gasteiger partial charge in [0.25, 0.3) is 5.91 Å². The molecule has 0 fully saturated rings. The highest BCUT2D eigenvalue weighted by atomic mass is 19.2. The van der Waals surface area contributed by atoms with Crippen LogP contribution in [0.2, 0.25) is 0 Å². The van der Waals surface area contributed by atoms with Crippen molar-refractivity contribution in [1.29, 1.82) is 0 Å². The second-order valence-corrected chi connectivity index (χ2v) is 4.65. The average molecular weight is 319 g/mol. The van der Waals surface area contributed by atoms with Crippen LogP contribution in [0.1, 0.15) is 23.7 Å². The summed E-state index contributed by atoms with van der Waals surface area (Å²) in [5.41, 5.74) is -0.676. The molecule has 1 amide bonds. The van der Waals surface area contributed by atoms with E-state index in [0.717, 1.165) is 18.1 Å². The van der Waals surface area contributed by atoms with Gasteiger partial charge in [0.1, 0.15) is 0 Å². The molecule has 0 saturated heterocycles. The molecular weight excluding hydrogens is 303 g/mol. The highest BCUT2D eigenvalue weighted by Gasteiger charge is 2.24. The summed E-state index contributed by atoms with van der Waals surface area (Å²) >= 11 is 0. The molecule has 1 aromatic rings. The molecule has 1 rings (SSSR count). The van der Waals surface area contributed by atoms with Crippen molar-refractivity contribution in [2.75, 3.05) is 20.2 Å². The van der Waals surface area contributed by atoms with Gasteiger partial charge in [-0.25, -0.2) is 13.2 Å². The predicted octanol–water partition coefficient (Wildman–Crippen LogP) is 1.49. The van der Waals surface area contributed by atoms with Crippen LogP contribution in [0, 0.1) is 17.5 Å². The second-order valence-electron chi connectivity index (χ2n) is 4.65. The second kappa shape index (κ2) is 7.79. The van der Waals surface area contributed by atoms with Crippen LogP contribution >= 0.6 is 0 Å². The van der Waals surface area contributed by atoms with Crippen molar-refractivity contribution >= 4 is 11.9 Å². The Morgan fingerprint density at radius 3 is 2.45 bits per heavy atom. The van der Waals surface area contributed by atoms with Gasteiger partial charge in [0.05, 0.1) is 25.2 Å². The van der Waals surface area contributed by atoms with Crippen LogP contribution in [-0.2, 0) is 9.53 Å². The fraction of sp³-hybridized carbons (Fsp3) is 0.429. The van der Waals surface area contributed by atoms with Crippen molar-refractivity contribution in [3.05, 3.63) is 35.1 Å². The lowest BCUT2D eigenvalue weighted by Gasteiger charge is -2.24. The number of halogens is 3. The van der Waals surface area contributed by atoms with Gasteiger partial charge in [0.15, 0.2) is 17.5 Å². The number of hydrogen-bond donors (Lipinski definition) is 1. The number of carbonyl (C=O) groups is 2. The molecule has 0 spiro atoms. The summed E-state index contributed by atoms with van der Waals surface area (Å²) in [4.78, 5) is 24.3. The molecule has 1 N–H and O–H groups in total. The molecular formula is C14H16F3NO4. The maximum Gasteiger partial charge on any atom is 0.307 e. The van der Waals surface area contributed by atoms with Crippen molar-refractivity contribution in [1.82, 2.24) is 4.90 Å². The fourth-order valence-corrected chi connectivity index (χ4v) is 1.78. The molecule has 1 unspecified atom stereocenters. The Morgan fingerprint density at radius 2 is 1.91 bits per heavy atom. The molecule has 0 aromatic heterocycles. The molecule has 5 nitrogen and oxygen atoms in total. The summed E-state index contributed by atoms with van der Waals surface area (Å²) < 4.78 is 44.2. The van der Waals surface area contributed by atoms with E-state index in [1.54, 1.807) is 0 Å². The maximum atomic E-state index is 13.7. The van der Waals surface area contributed by atoms with E-state index in [2.05, 4.69) is 4.74 Å². The van der Waals surface area contributed by atoms with E-state index in [9.17, 15) is 27.9 Å². The SMILES string of the molecule is COC(=O)CCN(CC(C)O)C(=O)c1ccc(F)c(F)c1F. The molecule has 1 aromatic carbocycles. The Labute approximate surface area is 125 Å². The summed E-state index contributed by atoms with van der Waals surface area (Å²) in [6, 6.07) is 1.44. The van der Waals surface area contributed by atoms with Crippen molar-refractivity contribution < 1.29 is 32.6 Å². The lowest BCUT2D eigenvalue weighted by Crippen LogP contribution is -2.38. The average Bonchev–Trinajstić information content (AvgIpc) is 2.47. The number of nitrogens with zero attached hydrogens (tertiary/aromatic N) is 1. The van der Waals surface area contributed by atoms with Crippen molar-refractivity contribution in [3.8, 4) is 0 Å². The lowest BCUT2D eigenvalue weighted by molar-refractivity contribution is -0.140. The third-order valence-electron chi connectivity index (χ3n) is 2.85. The number of benzene rings is 1. The molecule has 0 aliphatic heterocycles. The minimum atomic E-state index is -1.75. The molecule has 122 valence electrons. The van der Waals surface area contributed by atoms with Crippen LogP contribution in [0.5, 0.6) is 0 Å². The summed E-state index contributed by atoms with van der Waals surface area (Å²) in [6.07, 6.45) is -1.13. The molecule has 0 aliphatic rings. The number of hydrogen-bond acceptors (Lipinski definition) is 4. The van der Waals surface area contributed by atoms with E-state index in [1.807, 2.05) is 0 Å². The monoisotopic (exact) mass is 319 g/mol. The Hall–Kier alpha value is -2.09. The highest BCUT2D eigenvalue weighted by molar-refractivity contribution is 5.94. The van der Waals surface area contributed by atoms with Crippen molar-refractivity contribution in [2.24, 2.45) is 0 Å². The van der Waals surface area contributed by atoms with Crippen molar-refractivity contribution in [3.63, 3.8) is 0 Å². The summed E-state index contributed by atoms with van der Waals surface area (Å²) in [5.74, 6) is -6.34. The normalized spacial score (nSPS) is 11.9. The number of methoxy groups -OCH3 is 1. The van der Waals surface area contributed by atoms with Crippen LogP contribution in [0.25, 0.3) is 0 Å². The van der Waals surface area contributed by atoms with Crippen LogP contribution in [0.4, 0.5) is 13.2 Å². The number of carbonyl (C=O) groups excluding carboxylic acids is 2. The van der Waals surface area contributed by atoms with Gasteiger partial charge in [0, 0.05) is 13.1 Å². The van der Waals surface area contributed by atoms with E-state index in [-0.39, 0.29) is 19.5 Å². The van der Waals surface area contributed by atoms with Gasteiger partial charge in [0.2, 0.25) is 0 Å². The summed E-state index contributed by atoms with van der Waals surface area (Å²) in [5, 5.41) is 9.37. The third kappa shape index (κ3) is 4.45. The number of ether oxygens (including phenoxy) is 1. The largest absolute Gasteiger partial charge is 0.469 e. The number of amides is 1. The minimum Gasteiger partial charge on any atom is -0.469 e. The zero-order valence-electron chi connectivity index (χ0n) is 12.1. The Morgan fingerprint density at radius 1 is 1.27 bits per heavy atom. The van der Waals surface area contributed by atoms with Gasteiger partial charge in [-0.15, -0.1) is 0 Å². The predicted molar refractivity (Wildman–Crippen MR) is 70.5 cm³/mol. The smallest absolute Gasteiger partial charge is 0.307 e. The van der Waals surface area contributed by atoms with Gasteiger partial charge in [-0.05, 0) is 19.1 Å². The summed E-state index contributed by atoms with van der Waals surface area (Å²) in [6.45, 7) is 1.03. The zero-order chi connectivity index (χ0) is 16.9. The molecule has 0 radical (unpaired) electrons. The Balaban J connectivity index is 3.01. The quantitative estimate of drug-likeness (QED) is 0.637. The van der Waals surface area contributed by atoms with Gasteiger partial charge in [-0.1, -0.05) is 0 Å². The van der Waals surface area contributed by atoms with E-state index in [1.165, 1.54) is 6.92 Å². The molecule has 0 bridgehead atoms. The van der Waals surface area contributed by atoms with Gasteiger partial charge < -0.3 is 14.7 Å². The number of aliphatic hydroxyl groups is 1. The first-order chi connectivity index (χ1) is 10.3. The molecule has 0 saturated carbocycles. The number of rotatable bonds is 6. The van der Waals surface area contributed by atoms with Gasteiger partial charge >= 0.3 is 5.97 Å².